The van der Waals surface area contributed by atoms with Crippen molar-refractivity contribution in [3.8, 4) is 0 Å². The molecule has 1 amide bonds. The second-order valence-corrected chi connectivity index (χ2v) is 9.23. The Morgan fingerprint density at radius 3 is 2.50 bits per heavy atom. The molecule has 4 rings (SSSR count). The van der Waals surface area contributed by atoms with E-state index >= 15 is 0 Å². The topological polar surface area (TPSA) is 84.3 Å². The molecule has 0 spiro atoms. The summed E-state index contributed by atoms with van der Waals surface area (Å²) in [6, 6.07) is 16.0. The van der Waals surface area contributed by atoms with E-state index in [1.807, 2.05) is 41.2 Å². The SMILES string of the molecule is O=C(NCc1ccccc1Cn1cccn1)c1cccc(S(=O)(=O)N2CCCC2)c1. The molecule has 1 saturated heterocycles. The minimum absolute atomic E-state index is 0.163. The maximum absolute atomic E-state index is 12.8. The van der Waals surface area contributed by atoms with Crippen molar-refractivity contribution in [3.05, 3.63) is 83.7 Å². The Balaban J connectivity index is 1.46. The number of carbonyl (C=O) groups excluding carboxylic acids is 1. The summed E-state index contributed by atoms with van der Waals surface area (Å²) in [4.78, 5) is 12.9. The first kappa shape index (κ1) is 20.3. The van der Waals surface area contributed by atoms with Gasteiger partial charge in [0.25, 0.3) is 5.91 Å². The van der Waals surface area contributed by atoms with Gasteiger partial charge in [-0.1, -0.05) is 30.3 Å². The molecule has 0 saturated carbocycles. The summed E-state index contributed by atoms with van der Waals surface area (Å²) in [5.41, 5.74) is 2.38. The molecule has 2 aromatic carbocycles. The molecule has 0 atom stereocenters. The van der Waals surface area contributed by atoms with E-state index in [1.165, 1.54) is 10.4 Å². The summed E-state index contributed by atoms with van der Waals surface area (Å²) in [6.07, 6.45) is 5.37. The zero-order chi connectivity index (χ0) is 21.0. The molecule has 0 bridgehead atoms. The molecule has 1 fully saturated rings. The fourth-order valence-corrected chi connectivity index (χ4v) is 5.17. The van der Waals surface area contributed by atoms with Gasteiger partial charge in [0, 0.05) is 37.6 Å². The maximum atomic E-state index is 12.8. The fraction of sp³-hybridized carbons (Fsp3) is 0.273. The summed E-state index contributed by atoms with van der Waals surface area (Å²) >= 11 is 0. The largest absolute Gasteiger partial charge is 0.348 e. The number of amides is 1. The van der Waals surface area contributed by atoms with E-state index in [0.717, 1.165) is 24.0 Å². The highest BCUT2D eigenvalue weighted by molar-refractivity contribution is 7.89. The summed E-state index contributed by atoms with van der Waals surface area (Å²) in [5, 5.41) is 7.14. The summed E-state index contributed by atoms with van der Waals surface area (Å²) in [7, 11) is -3.55. The van der Waals surface area contributed by atoms with Crippen LogP contribution in [0.5, 0.6) is 0 Å². The zero-order valence-corrected chi connectivity index (χ0v) is 17.4. The van der Waals surface area contributed by atoms with Gasteiger partial charge in [-0.25, -0.2) is 8.42 Å². The van der Waals surface area contributed by atoms with Crippen LogP contribution in [0.1, 0.15) is 34.3 Å². The highest BCUT2D eigenvalue weighted by Gasteiger charge is 2.27. The van der Waals surface area contributed by atoms with E-state index < -0.39 is 10.0 Å². The predicted octanol–water partition coefficient (Wildman–Crippen LogP) is 2.65. The highest BCUT2D eigenvalue weighted by atomic mass is 32.2. The van der Waals surface area contributed by atoms with Gasteiger partial charge in [0.1, 0.15) is 0 Å². The van der Waals surface area contributed by atoms with Crippen molar-refractivity contribution in [3.63, 3.8) is 0 Å². The van der Waals surface area contributed by atoms with Gasteiger partial charge >= 0.3 is 0 Å². The van der Waals surface area contributed by atoms with Crippen LogP contribution in [-0.2, 0) is 23.1 Å². The van der Waals surface area contributed by atoms with Crippen molar-refractivity contribution in [1.29, 1.82) is 0 Å². The van der Waals surface area contributed by atoms with Crippen LogP contribution in [0.4, 0.5) is 0 Å². The van der Waals surface area contributed by atoms with Gasteiger partial charge < -0.3 is 5.32 Å². The monoisotopic (exact) mass is 424 g/mol. The van der Waals surface area contributed by atoms with Crippen LogP contribution in [0.15, 0.2) is 71.9 Å². The highest BCUT2D eigenvalue weighted by Crippen LogP contribution is 2.21. The fourth-order valence-electron chi connectivity index (χ4n) is 3.61. The molecule has 30 heavy (non-hydrogen) atoms. The van der Waals surface area contributed by atoms with Crippen molar-refractivity contribution in [2.24, 2.45) is 0 Å². The molecule has 3 aromatic rings. The summed E-state index contributed by atoms with van der Waals surface area (Å²) < 4.78 is 28.8. The van der Waals surface area contributed by atoms with Gasteiger partial charge in [0.2, 0.25) is 10.0 Å². The van der Waals surface area contributed by atoms with E-state index in [9.17, 15) is 13.2 Å². The molecular weight excluding hydrogens is 400 g/mol. The molecule has 1 N–H and O–H groups in total. The number of hydrogen-bond acceptors (Lipinski definition) is 4. The Kier molecular flexibility index (Phi) is 5.96. The molecule has 156 valence electrons. The minimum Gasteiger partial charge on any atom is -0.348 e. The van der Waals surface area contributed by atoms with Gasteiger partial charge in [-0.05, 0) is 48.2 Å². The van der Waals surface area contributed by atoms with Gasteiger partial charge in [-0.3, -0.25) is 9.48 Å². The number of nitrogens with zero attached hydrogens (tertiary/aromatic N) is 3. The Hall–Kier alpha value is -2.97. The second kappa shape index (κ2) is 8.81. The third kappa shape index (κ3) is 4.44. The normalized spacial score (nSPS) is 14.7. The Morgan fingerprint density at radius 1 is 1.00 bits per heavy atom. The van der Waals surface area contributed by atoms with Crippen LogP contribution in [0.25, 0.3) is 0 Å². The quantitative estimate of drug-likeness (QED) is 0.632. The average molecular weight is 425 g/mol. The molecule has 1 aliphatic rings. The van der Waals surface area contributed by atoms with Crippen molar-refractivity contribution in [2.75, 3.05) is 13.1 Å². The first-order chi connectivity index (χ1) is 14.5. The van der Waals surface area contributed by atoms with Crippen LogP contribution in [0.2, 0.25) is 0 Å². The third-order valence-corrected chi connectivity index (χ3v) is 7.14. The zero-order valence-electron chi connectivity index (χ0n) is 16.6. The van der Waals surface area contributed by atoms with Gasteiger partial charge in [-0.15, -0.1) is 0 Å². The van der Waals surface area contributed by atoms with Gasteiger partial charge in [0.15, 0.2) is 0 Å². The van der Waals surface area contributed by atoms with Crippen molar-refractivity contribution >= 4 is 15.9 Å². The number of aromatic nitrogens is 2. The molecule has 0 unspecified atom stereocenters. The molecule has 0 radical (unpaired) electrons. The molecule has 1 aromatic heterocycles. The summed E-state index contributed by atoms with van der Waals surface area (Å²) in [6.45, 7) is 2.03. The molecular formula is C22H24N4O3S. The standard InChI is InChI=1S/C22H24N4O3S/c27-22(18-9-5-10-21(15-18)30(28,29)26-13-3-4-14-26)23-16-19-7-1-2-8-20(19)17-25-12-6-11-24-25/h1-2,5-12,15H,3-4,13-14,16-17H2,(H,23,27). The first-order valence-electron chi connectivity index (χ1n) is 9.97. The molecule has 7 nitrogen and oxygen atoms in total. The third-order valence-electron chi connectivity index (χ3n) is 5.25. The van der Waals surface area contributed by atoms with Gasteiger partial charge in [0.05, 0.1) is 11.4 Å². The number of rotatable bonds is 7. The van der Waals surface area contributed by atoms with Crippen LogP contribution in [-0.4, -0.2) is 41.5 Å². The lowest BCUT2D eigenvalue weighted by Gasteiger charge is -2.16. The number of hydrogen-bond donors (Lipinski definition) is 1. The van der Waals surface area contributed by atoms with Crippen LogP contribution in [0.3, 0.4) is 0 Å². The van der Waals surface area contributed by atoms with E-state index in [0.29, 0.717) is 31.7 Å². The van der Waals surface area contributed by atoms with Crippen molar-refractivity contribution in [1.82, 2.24) is 19.4 Å². The van der Waals surface area contributed by atoms with Crippen molar-refractivity contribution < 1.29 is 13.2 Å². The van der Waals surface area contributed by atoms with E-state index in [-0.39, 0.29) is 10.8 Å². The minimum atomic E-state index is -3.55. The molecule has 0 aliphatic carbocycles. The Labute approximate surface area is 176 Å². The lowest BCUT2D eigenvalue weighted by atomic mass is 10.1. The van der Waals surface area contributed by atoms with Gasteiger partial charge in [-0.2, -0.15) is 9.40 Å². The van der Waals surface area contributed by atoms with Crippen molar-refractivity contribution in [2.45, 2.75) is 30.8 Å². The first-order valence-corrected chi connectivity index (χ1v) is 11.4. The molecule has 2 heterocycles. The lowest BCUT2D eigenvalue weighted by molar-refractivity contribution is 0.0950. The number of benzene rings is 2. The molecule has 8 heteroatoms. The van der Waals surface area contributed by atoms with Crippen LogP contribution >= 0.6 is 0 Å². The average Bonchev–Trinajstić information content (AvgIpc) is 3.48. The second-order valence-electron chi connectivity index (χ2n) is 7.29. The number of sulfonamides is 1. The predicted molar refractivity (Wildman–Crippen MR) is 113 cm³/mol. The summed E-state index contributed by atoms with van der Waals surface area (Å²) in [5.74, 6) is -0.303. The van der Waals surface area contributed by atoms with Crippen LogP contribution < -0.4 is 5.32 Å². The number of carbonyl (C=O) groups is 1. The van der Waals surface area contributed by atoms with E-state index in [1.54, 1.807) is 24.4 Å². The maximum Gasteiger partial charge on any atom is 0.251 e. The Bertz CT molecular complexity index is 1120. The van der Waals surface area contributed by atoms with E-state index in [2.05, 4.69) is 10.4 Å². The molecule has 1 aliphatic heterocycles. The van der Waals surface area contributed by atoms with E-state index in [4.69, 9.17) is 0 Å². The number of nitrogens with one attached hydrogen (secondary N) is 1. The Morgan fingerprint density at radius 2 is 1.77 bits per heavy atom. The smallest absolute Gasteiger partial charge is 0.251 e. The lowest BCUT2D eigenvalue weighted by Crippen LogP contribution is -2.28. The van der Waals surface area contributed by atoms with Crippen LogP contribution in [0, 0.1) is 0 Å².